The lowest BCUT2D eigenvalue weighted by Crippen LogP contribution is -2.39. The molecule has 7 nitrogen and oxygen atoms in total. The highest BCUT2D eigenvalue weighted by molar-refractivity contribution is 7.89. The summed E-state index contributed by atoms with van der Waals surface area (Å²) in [5.41, 5.74) is -0.0272. The molecule has 1 aromatic carbocycles. The summed E-state index contributed by atoms with van der Waals surface area (Å²) in [5, 5.41) is 2.50. The Morgan fingerprint density at radius 3 is 2.38 bits per heavy atom. The summed E-state index contributed by atoms with van der Waals surface area (Å²) in [4.78, 5) is 23.6. The Balaban J connectivity index is 3.19. The van der Waals surface area contributed by atoms with Gasteiger partial charge in [0.1, 0.15) is 6.04 Å². The minimum Gasteiger partial charge on any atom is -0.467 e. The van der Waals surface area contributed by atoms with E-state index in [0.29, 0.717) is 13.1 Å². The van der Waals surface area contributed by atoms with Crippen molar-refractivity contribution in [2.45, 2.75) is 31.7 Å². The Morgan fingerprint density at radius 2 is 1.88 bits per heavy atom. The Morgan fingerprint density at radius 1 is 1.29 bits per heavy atom. The lowest BCUT2D eigenvalue weighted by molar-refractivity contribution is -0.142. The Labute approximate surface area is 147 Å². The standard InChI is InChI=1S/C15H21ClN2O5S/c1-5-18(6-2)24(21,22)11-7-8-13(16)12(9-11)14(19)17-10(3)15(20)23-4/h7-10H,5-6H2,1-4H3,(H,17,19)/t10-/m1/s1. The third-order valence-corrected chi connectivity index (χ3v) is 5.80. The lowest BCUT2D eigenvalue weighted by atomic mass is 10.2. The van der Waals surface area contributed by atoms with Crippen LogP contribution in [0.25, 0.3) is 0 Å². The fourth-order valence-corrected chi connectivity index (χ4v) is 3.75. The first-order chi connectivity index (χ1) is 11.2. The molecule has 1 atom stereocenters. The highest BCUT2D eigenvalue weighted by atomic mass is 35.5. The van der Waals surface area contributed by atoms with Crippen molar-refractivity contribution < 1.29 is 22.7 Å². The summed E-state index contributed by atoms with van der Waals surface area (Å²) in [6, 6.07) is 3.00. The summed E-state index contributed by atoms with van der Waals surface area (Å²) in [7, 11) is -2.52. The predicted octanol–water partition coefficient (Wildman–Crippen LogP) is 1.66. The molecule has 0 radical (unpaired) electrons. The Hall–Kier alpha value is -1.64. The van der Waals surface area contributed by atoms with Crippen molar-refractivity contribution in [3.05, 3.63) is 28.8 Å². The van der Waals surface area contributed by atoms with Gasteiger partial charge in [-0.25, -0.2) is 13.2 Å². The van der Waals surface area contributed by atoms with Gasteiger partial charge >= 0.3 is 5.97 Å². The van der Waals surface area contributed by atoms with Gasteiger partial charge < -0.3 is 10.1 Å². The van der Waals surface area contributed by atoms with Crippen LogP contribution in [0.3, 0.4) is 0 Å². The number of nitrogens with one attached hydrogen (secondary N) is 1. The highest BCUT2D eigenvalue weighted by Gasteiger charge is 2.25. The van der Waals surface area contributed by atoms with E-state index in [1.54, 1.807) is 13.8 Å². The van der Waals surface area contributed by atoms with Crippen molar-refractivity contribution in [2.75, 3.05) is 20.2 Å². The first-order valence-electron chi connectivity index (χ1n) is 7.37. The molecule has 0 aliphatic carbocycles. The van der Waals surface area contributed by atoms with Gasteiger partial charge in [-0.15, -0.1) is 0 Å². The molecule has 0 spiro atoms. The lowest BCUT2D eigenvalue weighted by Gasteiger charge is -2.19. The fraction of sp³-hybridized carbons (Fsp3) is 0.467. The van der Waals surface area contributed by atoms with Gasteiger partial charge in [0.15, 0.2) is 0 Å². The van der Waals surface area contributed by atoms with Crippen LogP contribution in [0.15, 0.2) is 23.1 Å². The van der Waals surface area contributed by atoms with Gasteiger partial charge in [-0.1, -0.05) is 25.4 Å². The molecule has 0 aromatic heterocycles. The quantitative estimate of drug-likeness (QED) is 0.730. The molecule has 0 fully saturated rings. The minimum absolute atomic E-state index is 0.0272. The van der Waals surface area contributed by atoms with E-state index in [0.717, 1.165) is 0 Å². The molecule has 134 valence electrons. The number of methoxy groups -OCH3 is 1. The summed E-state index contributed by atoms with van der Waals surface area (Å²) in [5.74, 6) is -1.28. The number of amides is 1. The van der Waals surface area contributed by atoms with Gasteiger partial charge in [-0.2, -0.15) is 4.31 Å². The van der Waals surface area contributed by atoms with E-state index in [2.05, 4.69) is 10.1 Å². The Bertz CT molecular complexity index is 717. The summed E-state index contributed by atoms with van der Waals surface area (Å²) in [6.45, 7) is 5.52. The van der Waals surface area contributed by atoms with Gasteiger partial charge in [0, 0.05) is 13.1 Å². The largest absolute Gasteiger partial charge is 0.467 e. The monoisotopic (exact) mass is 376 g/mol. The predicted molar refractivity (Wildman–Crippen MR) is 90.5 cm³/mol. The maximum atomic E-state index is 12.5. The van der Waals surface area contributed by atoms with Crippen molar-refractivity contribution in [1.82, 2.24) is 9.62 Å². The zero-order valence-corrected chi connectivity index (χ0v) is 15.6. The molecule has 24 heavy (non-hydrogen) atoms. The number of carbonyl (C=O) groups excluding carboxylic acids is 2. The van der Waals surface area contributed by atoms with E-state index in [-0.39, 0.29) is 15.5 Å². The number of nitrogens with zero attached hydrogens (tertiary/aromatic N) is 1. The van der Waals surface area contributed by atoms with E-state index >= 15 is 0 Å². The van der Waals surface area contributed by atoms with Crippen LogP contribution in [0, 0.1) is 0 Å². The molecule has 1 aromatic rings. The number of hydrogen-bond acceptors (Lipinski definition) is 5. The molecular weight excluding hydrogens is 356 g/mol. The van der Waals surface area contributed by atoms with Crippen molar-refractivity contribution in [3.8, 4) is 0 Å². The number of carbonyl (C=O) groups is 2. The van der Waals surface area contributed by atoms with E-state index in [1.165, 1.54) is 36.5 Å². The summed E-state index contributed by atoms with van der Waals surface area (Å²) >= 11 is 6.00. The number of sulfonamides is 1. The smallest absolute Gasteiger partial charge is 0.328 e. The molecule has 1 rings (SSSR count). The fourth-order valence-electron chi connectivity index (χ4n) is 2.06. The molecule has 0 unspecified atom stereocenters. The second kappa shape index (κ2) is 8.46. The van der Waals surface area contributed by atoms with Crippen LogP contribution in [0.5, 0.6) is 0 Å². The molecule has 0 saturated carbocycles. The van der Waals surface area contributed by atoms with Crippen LogP contribution in [0.4, 0.5) is 0 Å². The third-order valence-electron chi connectivity index (χ3n) is 3.43. The van der Waals surface area contributed by atoms with Gasteiger partial charge in [0.05, 0.1) is 22.6 Å². The van der Waals surface area contributed by atoms with Crippen LogP contribution >= 0.6 is 11.6 Å². The van der Waals surface area contributed by atoms with Crippen molar-refractivity contribution >= 4 is 33.5 Å². The zero-order valence-electron chi connectivity index (χ0n) is 14.0. The second-order valence-electron chi connectivity index (χ2n) is 4.95. The SMILES string of the molecule is CCN(CC)S(=O)(=O)c1ccc(Cl)c(C(=O)N[C@H](C)C(=O)OC)c1. The van der Waals surface area contributed by atoms with E-state index in [1.807, 2.05) is 0 Å². The first-order valence-corrected chi connectivity index (χ1v) is 9.19. The average molecular weight is 377 g/mol. The molecule has 0 aliphatic heterocycles. The average Bonchev–Trinajstić information content (AvgIpc) is 2.54. The minimum atomic E-state index is -3.72. The van der Waals surface area contributed by atoms with Gasteiger partial charge in [0.2, 0.25) is 10.0 Å². The van der Waals surface area contributed by atoms with Crippen LogP contribution in [-0.4, -0.2) is 50.8 Å². The second-order valence-corrected chi connectivity index (χ2v) is 7.29. The van der Waals surface area contributed by atoms with Crippen LogP contribution in [-0.2, 0) is 19.6 Å². The molecular formula is C15H21ClN2O5S. The van der Waals surface area contributed by atoms with Crippen molar-refractivity contribution in [2.24, 2.45) is 0 Å². The van der Waals surface area contributed by atoms with E-state index in [9.17, 15) is 18.0 Å². The zero-order chi connectivity index (χ0) is 18.5. The number of halogens is 1. The maximum Gasteiger partial charge on any atom is 0.328 e. The van der Waals surface area contributed by atoms with Crippen LogP contribution < -0.4 is 5.32 Å². The summed E-state index contributed by atoms with van der Waals surface area (Å²) < 4.78 is 30.9. The first kappa shape index (κ1) is 20.4. The highest BCUT2D eigenvalue weighted by Crippen LogP contribution is 2.23. The third kappa shape index (κ3) is 4.46. The van der Waals surface area contributed by atoms with E-state index < -0.39 is 27.9 Å². The van der Waals surface area contributed by atoms with Gasteiger partial charge in [-0.3, -0.25) is 4.79 Å². The van der Waals surface area contributed by atoms with Crippen molar-refractivity contribution in [1.29, 1.82) is 0 Å². The summed E-state index contributed by atoms with van der Waals surface area (Å²) in [6.07, 6.45) is 0. The van der Waals surface area contributed by atoms with Gasteiger partial charge in [0.25, 0.3) is 5.91 Å². The maximum absolute atomic E-state index is 12.5. The molecule has 0 heterocycles. The number of benzene rings is 1. The number of ether oxygens (including phenoxy) is 1. The molecule has 1 N–H and O–H groups in total. The number of hydrogen-bond donors (Lipinski definition) is 1. The van der Waals surface area contributed by atoms with E-state index in [4.69, 9.17) is 11.6 Å². The van der Waals surface area contributed by atoms with Crippen LogP contribution in [0.2, 0.25) is 5.02 Å². The topological polar surface area (TPSA) is 92.8 Å². The number of esters is 1. The molecule has 1 amide bonds. The molecule has 0 aliphatic rings. The molecule has 0 saturated heterocycles. The van der Waals surface area contributed by atoms with Gasteiger partial charge in [-0.05, 0) is 25.1 Å². The molecule has 9 heteroatoms. The normalized spacial score (nSPS) is 12.8. The van der Waals surface area contributed by atoms with Crippen molar-refractivity contribution in [3.63, 3.8) is 0 Å². The van der Waals surface area contributed by atoms with Crippen LogP contribution in [0.1, 0.15) is 31.1 Å². The Kier molecular flexibility index (Phi) is 7.19. The molecule has 0 bridgehead atoms. The number of rotatable bonds is 7.